The first-order chi connectivity index (χ1) is 5.86. The van der Waals surface area contributed by atoms with E-state index in [1.54, 1.807) is 0 Å². The van der Waals surface area contributed by atoms with Crippen molar-refractivity contribution >= 4 is 11.6 Å². The largest absolute Gasteiger partial charge is 0.358 e. The number of nitrogens with one attached hydrogen (secondary N) is 1. The molecule has 1 saturated heterocycles. The van der Waals surface area contributed by atoms with E-state index in [-0.39, 0.29) is 6.23 Å². The van der Waals surface area contributed by atoms with Gasteiger partial charge in [0.25, 0.3) is 0 Å². The number of hydrogen-bond acceptors (Lipinski definition) is 2. The van der Waals surface area contributed by atoms with Crippen LogP contribution in [0.4, 0.5) is 0 Å². The van der Waals surface area contributed by atoms with Crippen LogP contribution >= 0.6 is 11.6 Å². The van der Waals surface area contributed by atoms with E-state index in [4.69, 9.17) is 16.3 Å². The Hall–Kier alpha value is -0.570. The Morgan fingerprint density at radius 3 is 2.67 bits per heavy atom. The topological polar surface area (TPSA) is 21.3 Å². The zero-order valence-electron chi connectivity index (χ0n) is 6.59. The summed E-state index contributed by atoms with van der Waals surface area (Å²) in [6.07, 6.45) is 0.0577. The van der Waals surface area contributed by atoms with Crippen molar-refractivity contribution in [1.82, 2.24) is 5.32 Å². The lowest BCUT2D eigenvalue weighted by atomic mass is 10.2. The molecule has 1 aromatic carbocycles. The molecule has 0 unspecified atom stereocenters. The second-order valence-electron chi connectivity index (χ2n) is 2.76. The van der Waals surface area contributed by atoms with Gasteiger partial charge in [-0.3, -0.25) is 5.32 Å². The molecule has 0 spiro atoms. The lowest BCUT2D eigenvalue weighted by Gasteiger charge is -2.09. The van der Waals surface area contributed by atoms with E-state index in [0.29, 0.717) is 0 Å². The van der Waals surface area contributed by atoms with Crippen LogP contribution in [0.5, 0.6) is 0 Å². The molecule has 12 heavy (non-hydrogen) atoms. The first-order valence-electron chi connectivity index (χ1n) is 3.97. The van der Waals surface area contributed by atoms with Crippen molar-refractivity contribution in [3.8, 4) is 0 Å². The maximum Gasteiger partial charge on any atom is 0.134 e. The summed E-state index contributed by atoms with van der Waals surface area (Å²) in [5, 5.41) is 3.99. The summed E-state index contributed by atoms with van der Waals surface area (Å²) in [6, 6.07) is 7.71. The Labute approximate surface area is 76.5 Å². The second-order valence-corrected chi connectivity index (χ2v) is 3.19. The highest BCUT2D eigenvalue weighted by Crippen LogP contribution is 2.19. The van der Waals surface area contributed by atoms with Gasteiger partial charge >= 0.3 is 0 Å². The van der Waals surface area contributed by atoms with E-state index >= 15 is 0 Å². The van der Waals surface area contributed by atoms with Crippen molar-refractivity contribution in [2.45, 2.75) is 6.23 Å². The highest BCUT2D eigenvalue weighted by molar-refractivity contribution is 6.30. The highest BCUT2D eigenvalue weighted by atomic mass is 35.5. The minimum atomic E-state index is 0.0577. The van der Waals surface area contributed by atoms with Crippen LogP contribution in [0.1, 0.15) is 11.8 Å². The quantitative estimate of drug-likeness (QED) is 0.719. The fraction of sp³-hybridized carbons (Fsp3) is 0.333. The van der Waals surface area contributed by atoms with Gasteiger partial charge in [-0.25, -0.2) is 0 Å². The fourth-order valence-corrected chi connectivity index (χ4v) is 1.40. The van der Waals surface area contributed by atoms with Crippen LogP contribution in [-0.4, -0.2) is 13.2 Å². The van der Waals surface area contributed by atoms with Crippen molar-refractivity contribution < 1.29 is 4.74 Å². The summed E-state index contributed by atoms with van der Waals surface area (Å²) < 4.78 is 5.42. The van der Waals surface area contributed by atoms with E-state index in [9.17, 15) is 0 Å². The van der Waals surface area contributed by atoms with Crippen LogP contribution in [0.15, 0.2) is 24.3 Å². The summed E-state index contributed by atoms with van der Waals surface area (Å²) >= 11 is 5.76. The van der Waals surface area contributed by atoms with Crippen molar-refractivity contribution in [2.24, 2.45) is 0 Å². The zero-order valence-corrected chi connectivity index (χ0v) is 7.34. The lowest BCUT2D eigenvalue weighted by molar-refractivity contribution is 0.102. The van der Waals surface area contributed by atoms with Gasteiger partial charge in [0.05, 0.1) is 6.61 Å². The SMILES string of the molecule is Clc1ccc([C@@H]2NCCO2)cc1. The van der Waals surface area contributed by atoms with Crippen molar-refractivity contribution in [3.05, 3.63) is 34.9 Å². The van der Waals surface area contributed by atoms with Gasteiger partial charge in [-0.15, -0.1) is 0 Å². The van der Waals surface area contributed by atoms with E-state index in [0.717, 1.165) is 23.7 Å². The van der Waals surface area contributed by atoms with Gasteiger partial charge in [-0.05, 0) is 17.7 Å². The predicted octanol–water partition coefficient (Wildman–Crippen LogP) is 1.96. The molecule has 0 aromatic heterocycles. The molecule has 0 radical (unpaired) electrons. The second kappa shape index (κ2) is 3.44. The average Bonchev–Trinajstić information content (AvgIpc) is 2.58. The number of rotatable bonds is 1. The summed E-state index contributed by atoms with van der Waals surface area (Å²) in [5.41, 5.74) is 1.14. The Bertz CT molecular complexity index is 254. The van der Waals surface area contributed by atoms with Crippen molar-refractivity contribution in [3.63, 3.8) is 0 Å². The first kappa shape index (κ1) is 8.05. The van der Waals surface area contributed by atoms with Gasteiger partial charge in [0.1, 0.15) is 6.23 Å². The summed E-state index contributed by atoms with van der Waals surface area (Å²) in [4.78, 5) is 0. The lowest BCUT2D eigenvalue weighted by Crippen LogP contribution is -2.13. The molecule has 3 heteroatoms. The highest BCUT2D eigenvalue weighted by Gasteiger charge is 2.15. The van der Waals surface area contributed by atoms with E-state index in [1.807, 2.05) is 24.3 Å². The molecule has 1 fully saturated rings. The molecule has 1 aliphatic heterocycles. The maximum atomic E-state index is 5.76. The number of halogens is 1. The minimum absolute atomic E-state index is 0.0577. The molecule has 0 bridgehead atoms. The Kier molecular flexibility index (Phi) is 2.30. The standard InChI is InChI=1S/C9H10ClNO/c10-8-3-1-7(2-4-8)9-11-5-6-12-9/h1-4,9,11H,5-6H2/t9-/m1/s1. The third kappa shape index (κ3) is 1.61. The molecule has 1 N–H and O–H groups in total. The molecule has 0 amide bonds. The van der Waals surface area contributed by atoms with E-state index in [2.05, 4.69) is 5.32 Å². The van der Waals surface area contributed by atoms with Gasteiger partial charge in [-0.1, -0.05) is 23.7 Å². The summed E-state index contributed by atoms with van der Waals surface area (Å²) in [5.74, 6) is 0. The zero-order chi connectivity index (χ0) is 8.39. The first-order valence-corrected chi connectivity index (χ1v) is 4.34. The van der Waals surface area contributed by atoms with E-state index in [1.165, 1.54) is 0 Å². The van der Waals surface area contributed by atoms with Crippen LogP contribution in [-0.2, 0) is 4.74 Å². The van der Waals surface area contributed by atoms with Gasteiger partial charge < -0.3 is 4.74 Å². The van der Waals surface area contributed by atoms with Gasteiger partial charge in [0.15, 0.2) is 0 Å². The molecule has 1 aromatic rings. The van der Waals surface area contributed by atoms with Gasteiger partial charge in [-0.2, -0.15) is 0 Å². The molecule has 2 nitrogen and oxygen atoms in total. The summed E-state index contributed by atoms with van der Waals surface area (Å²) in [6.45, 7) is 1.71. The molecular formula is C9H10ClNO. The number of ether oxygens (including phenoxy) is 1. The van der Waals surface area contributed by atoms with Gasteiger partial charge in [0, 0.05) is 11.6 Å². The van der Waals surface area contributed by atoms with Crippen LogP contribution in [0, 0.1) is 0 Å². The van der Waals surface area contributed by atoms with Crippen molar-refractivity contribution in [2.75, 3.05) is 13.2 Å². The number of hydrogen-bond donors (Lipinski definition) is 1. The van der Waals surface area contributed by atoms with Crippen LogP contribution in [0.2, 0.25) is 5.02 Å². The molecule has 0 aliphatic carbocycles. The third-order valence-electron chi connectivity index (χ3n) is 1.89. The molecule has 0 saturated carbocycles. The van der Waals surface area contributed by atoms with E-state index < -0.39 is 0 Å². The molecule has 2 rings (SSSR count). The average molecular weight is 184 g/mol. The normalized spacial score (nSPS) is 22.9. The monoisotopic (exact) mass is 183 g/mol. The molecule has 1 heterocycles. The minimum Gasteiger partial charge on any atom is -0.358 e. The Morgan fingerprint density at radius 1 is 1.33 bits per heavy atom. The van der Waals surface area contributed by atoms with Crippen molar-refractivity contribution in [1.29, 1.82) is 0 Å². The Balaban J connectivity index is 2.17. The molecule has 1 aliphatic rings. The van der Waals surface area contributed by atoms with Crippen LogP contribution in [0.25, 0.3) is 0 Å². The fourth-order valence-electron chi connectivity index (χ4n) is 1.28. The Morgan fingerprint density at radius 2 is 2.08 bits per heavy atom. The molecule has 64 valence electrons. The molecular weight excluding hydrogens is 174 g/mol. The smallest absolute Gasteiger partial charge is 0.134 e. The van der Waals surface area contributed by atoms with Crippen LogP contribution in [0.3, 0.4) is 0 Å². The predicted molar refractivity (Wildman–Crippen MR) is 48.1 cm³/mol. The third-order valence-corrected chi connectivity index (χ3v) is 2.14. The molecule has 1 atom stereocenters. The number of benzene rings is 1. The summed E-state index contributed by atoms with van der Waals surface area (Å²) in [7, 11) is 0. The maximum absolute atomic E-state index is 5.76. The van der Waals surface area contributed by atoms with Crippen LogP contribution < -0.4 is 5.32 Å². The van der Waals surface area contributed by atoms with Gasteiger partial charge in [0.2, 0.25) is 0 Å².